The number of aliphatic hydroxyl groups excluding tert-OH is 1. The lowest BCUT2D eigenvalue weighted by Gasteiger charge is -2.63. The monoisotopic (exact) mass is 566 g/mol. The Morgan fingerprint density at radius 3 is 2.70 bits per heavy atom. The number of allylic oxidation sites excluding steroid dienone is 4. The SMILES string of the molecule is CCCC1O[C@@H]2CC3[C@@H]4C[C@H](F)C5=CC(=O)C=C[C@]5(C)[C@@]4(F)[C@@H](O)C[C@]3(C)[C@]2(C(=O)COCNC(=O)[C@H](C)N)O1. The molecule has 4 aliphatic carbocycles. The quantitative estimate of drug-likeness (QED) is 0.301. The first-order valence-electron chi connectivity index (χ1n) is 14.2. The van der Waals surface area contributed by atoms with Gasteiger partial charge >= 0.3 is 0 Å². The van der Waals surface area contributed by atoms with Crippen molar-refractivity contribution in [2.24, 2.45) is 28.4 Å². The summed E-state index contributed by atoms with van der Waals surface area (Å²) in [5.74, 6) is -2.80. The molecule has 1 amide bonds. The number of carbonyl (C=O) groups is 3. The molecule has 0 aromatic heterocycles. The summed E-state index contributed by atoms with van der Waals surface area (Å²) in [7, 11) is 0. The fraction of sp³-hybridized carbons (Fsp3) is 0.759. The summed E-state index contributed by atoms with van der Waals surface area (Å²) < 4.78 is 51.4. The number of halogens is 2. The Morgan fingerprint density at radius 2 is 2.02 bits per heavy atom. The first kappa shape index (κ1) is 29.4. The lowest BCUT2D eigenvalue weighted by Crippen LogP contribution is -2.71. The van der Waals surface area contributed by atoms with Gasteiger partial charge in [0.15, 0.2) is 29.1 Å². The molecular weight excluding hydrogens is 526 g/mol. The second kappa shape index (κ2) is 10.0. The van der Waals surface area contributed by atoms with E-state index in [0.29, 0.717) is 6.42 Å². The highest BCUT2D eigenvalue weighted by molar-refractivity contribution is 6.01. The van der Waals surface area contributed by atoms with Crippen molar-refractivity contribution in [2.75, 3.05) is 13.3 Å². The summed E-state index contributed by atoms with van der Waals surface area (Å²) in [6.45, 7) is 6.17. The lowest BCUT2D eigenvalue weighted by molar-refractivity contribution is -0.235. The molecule has 9 nitrogen and oxygen atoms in total. The van der Waals surface area contributed by atoms with Gasteiger partial charge < -0.3 is 30.4 Å². The van der Waals surface area contributed by atoms with Gasteiger partial charge in [-0.2, -0.15) is 0 Å². The Morgan fingerprint density at radius 1 is 1.30 bits per heavy atom. The molecule has 0 bridgehead atoms. The summed E-state index contributed by atoms with van der Waals surface area (Å²) in [4.78, 5) is 37.9. The minimum absolute atomic E-state index is 0.0446. The standard InChI is InChI=1S/C29H40F2N2O7/c1-5-6-24-39-23-11-17-18-10-20(30)19-9-16(34)7-8-26(19,3)28(18,31)21(35)12-27(17,4)29(23,40-24)22(36)13-38-14-33-25(37)15(2)32/h7-9,15,17-18,20-21,23-24,35H,5-6,10-14,32H2,1-4H3,(H,33,37)/t15-,17?,18-,20-,21-,23+,24?,26-,27-,28-,29+/m0/s1. The van der Waals surface area contributed by atoms with E-state index in [4.69, 9.17) is 19.9 Å². The maximum absolute atomic E-state index is 17.5. The smallest absolute Gasteiger partial charge is 0.238 e. The van der Waals surface area contributed by atoms with Crippen molar-refractivity contribution < 1.29 is 42.5 Å². The number of nitrogens with two attached hydrogens (primary N) is 1. The number of carbonyl (C=O) groups excluding carboxylic acids is 3. The molecule has 4 fully saturated rings. The number of fused-ring (bicyclic) bond motifs is 7. The van der Waals surface area contributed by atoms with E-state index in [1.807, 2.05) is 6.92 Å². The van der Waals surface area contributed by atoms with E-state index >= 15 is 8.78 Å². The lowest BCUT2D eigenvalue weighted by atomic mass is 9.44. The molecule has 4 N–H and O–H groups in total. The highest BCUT2D eigenvalue weighted by Gasteiger charge is 2.80. The maximum atomic E-state index is 17.5. The minimum atomic E-state index is -2.27. The molecule has 3 saturated carbocycles. The molecule has 11 atom stereocenters. The first-order chi connectivity index (χ1) is 18.8. The zero-order valence-electron chi connectivity index (χ0n) is 23.5. The molecule has 0 radical (unpaired) electrons. The van der Waals surface area contributed by atoms with Gasteiger partial charge in [0.05, 0.1) is 18.2 Å². The summed E-state index contributed by atoms with van der Waals surface area (Å²) >= 11 is 0. The third kappa shape index (κ3) is 3.91. The fourth-order valence-electron chi connectivity index (χ4n) is 8.42. The van der Waals surface area contributed by atoms with Gasteiger partial charge in [0.25, 0.3) is 0 Å². The van der Waals surface area contributed by atoms with Crippen molar-refractivity contribution in [3.63, 3.8) is 0 Å². The van der Waals surface area contributed by atoms with Gasteiger partial charge in [-0.3, -0.25) is 14.4 Å². The van der Waals surface area contributed by atoms with E-state index in [-0.39, 0.29) is 31.6 Å². The van der Waals surface area contributed by atoms with Crippen LogP contribution in [0.5, 0.6) is 0 Å². The Hall–Kier alpha value is -2.05. The number of alkyl halides is 2. The average Bonchev–Trinajstić information content (AvgIpc) is 3.37. The molecule has 40 heavy (non-hydrogen) atoms. The number of hydrogen-bond donors (Lipinski definition) is 3. The fourth-order valence-corrected chi connectivity index (χ4v) is 8.42. The Bertz CT molecular complexity index is 1150. The molecular formula is C29H40F2N2O7. The van der Waals surface area contributed by atoms with Gasteiger partial charge in [-0.05, 0) is 63.2 Å². The topological polar surface area (TPSA) is 137 Å². The van der Waals surface area contributed by atoms with E-state index in [2.05, 4.69) is 5.32 Å². The van der Waals surface area contributed by atoms with Crippen LogP contribution >= 0.6 is 0 Å². The normalized spacial score (nSPS) is 46.1. The van der Waals surface area contributed by atoms with Gasteiger partial charge in [0, 0.05) is 16.7 Å². The van der Waals surface area contributed by atoms with Crippen molar-refractivity contribution in [2.45, 2.75) is 102 Å². The van der Waals surface area contributed by atoms with Crippen LogP contribution in [0.15, 0.2) is 23.8 Å². The summed E-state index contributed by atoms with van der Waals surface area (Å²) in [5.41, 5.74) is -0.843. The second-order valence-electron chi connectivity index (χ2n) is 12.5. The highest BCUT2D eigenvalue weighted by atomic mass is 19.1. The second-order valence-corrected chi connectivity index (χ2v) is 12.5. The molecule has 0 spiro atoms. The van der Waals surface area contributed by atoms with Gasteiger partial charge in [-0.1, -0.05) is 26.3 Å². The van der Waals surface area contributed by atoms with Crippen LogP contribution in [0.1, 0.15) is 59.8 Å². The van der Waals surface area contributed by atoms with E-state index in [1.165, 1.54) is 26.0 Å². The first-order valence-corrected chi connectivity index (χ1v) is 14.2. The predicted molar refractivity (Wildman–Crippen MR) is 139 cm³/mol. The van der Waals surface area contributed by atoms with Crippen molar-refractivity contribution in [3.05, 3.63) is 23.8 Å². The summed E-state index contributed by atoms with van der Waals surface area (Å²) in [5, 5.41) is 14.1. The van der Waals surface area contributed by atoms with Crippen LogP contribution in [0.4, 0.5) is 8.78 Å². The number of amides is 1. The van der Waals surface area contributed by atoms with Crippen molar-refractivity contribution in [3.8, 4) is 0 Å². The molecule has 1 saturated heterocycles. The molecule has 1 aliphatic heterocycles. The summed E-state index contributed by atoms with van der Waals surface area (Å²) in [6.07, 6.45) is 0.385. The molecule has 2 unspecified atom stereocenters. The minimum Gasteiger partial charge on any atom is -0.390 e. The zero-order valence-corrected chi connectivity index (χ0v) is 23.5. The van der Waals surface area contributed by atoms with Crippen LogP contribution in [0.3, 0.4) is 0 Å². The van der Waals surface area contributed by atoms with Crippen LogP contribution in [0.2, 0.25) is 0 Å². The van der Waals surface area contributed by atoms with Gasteiger partial charge in [-0.25, -0.2) is 8.78 Å². The average molecular weight is 567 g/mol. The maximum Gasteiger partial charge on any atom is 0.238 e. The van der Waals surface area contributed by atoms with E-state index in [0.717, 1.165) is 12.5 Å². The van der Waals surface area contributed by atoms with Gasteiger partial charge in [0.1, 0.15) is 19.5 Å². The van der Waals surface area contributed by atoms with Crippen LogP contribution in [-0.2, 0) is 28.6 Å². The molecule has 0 aromatic rings. The third-order valence-electron chi connectivity index (χ3n) is 10.4. The van der Waals surface area contributed by atoms with Crippen LogP contribution in [0.25, 0.3) is 0 Å². The molecule has 0 aromatic carbocycles. The number of ketones is 2. The number of nitrogens with one attached hydrogen (secondary N) is 1. The van der Waals surface area contributed by atoms with Crippen LogP contribution < -0.4 is 11.1 Å². The number of ether oxygens (including phenoxy) is 3. The van der Waals surface area contributed by atoms with Crippen molar-refractivity contribution in [1.29, 1.82) is 0 Å². The van der Waals surface area contributed by atoms with Gasteiger partial charge in [-0.15, -0.1) is 0 Å². The van der Waals surface area contributed by atoms with E-state index in [1.54, 1.807) is 6.92 Å². The van der Waals surface area contributed by atoms with E-state index < -0.39 is 88.7 Å². The molecule has 1 heterocycles. The highest BCUT2D eigenvalue weighted by Crippen LogP contribution is 2.72. The van der Waals surface area contributed by atoms with Crippen LogP contribution in [-0.4, -0.2) is 77.9 Å². The number of Topliss-reactive ketones (excluding diaryl/α,β-unsaturated/α-hetero) is 1. The third-order valence-corrected chi connectivity index (χ3v) is 10.4. The Kier molecular flexibility index (Phi) is 7.39. The number of aliphatic hydroxyl groups is 1. The molecule has 11 heteroatoms. The van der Waals surface area contributed by atoms with Crippen molar-refractivity contribution in [1.82, 2.24) is 5.32 Å². The predicted octanol–water partition coefficient (Wildman–Crippen LogP) is 2.20. The van der Waals surface area contributed by atoms with Crippen LogP contribution in [0, 0.1) is 22.7 Å². The van der Waals surface area contributed by atoms with E-state index in [9.17, 15) is 19.5 Å². The molecule has 5 aliphatic rings. The largest absolute Gasteiger partial charge is 0.390 e. The zero-order chi connectivity index (χ0) is 29.3. The Balaban J connectivity index is 1.49. The van der Waals surface area contributed by atoms with Gasteiger partial charge in [0.2, 0.25) is 5.91 Å². The number of hydrogen-bond acceptors (Lipinski definition) is 8. The number of rotatable bonds is 8. The molecule has 222 valence electrons. The van der Waals surface area contributed by atoms with Crippen molar-refractivity contribution >= 4 is 17.5 Å². The molecule has 5 rings (SSSR count). The summed E-state index contributed by atoms with van der Waals surface area (Å²) in [6, 6.07) is -0.744. The Labute approximate surface area is 232 Å².